The number of piperidine rings is 1. The summed E-state index contributed by atoms with van der Waals surface area (Å²) >= 11 is 11.7. The number of hydrogen-bond donors (Lipinski definition) is 2. The predicted octanol–water partition coefficient (Wildman–Crippen LogP) is 3.83. The minimum absolute atomic E-state index is 0.00106. The van der Waals surface area contributed by atoms with Crippen molar-refractivity contribution in [1.29, 1.82) is 0 Å². The summed E-state index contributed by atoms with van der Waals surface area (Å²) in [5.74, 6) is 0.594. The molecule has 0 aromatic heterocycles. The molecule has 1 heterocycles. The number of amides is 1. The molecule has 0 bridgehead atoms. The van der Waals surface area contributed by atoms with Gasteiger partial charge in [-0.3, -0.25) is 4.79 Å². The van der Waals surface area contributed by atoms with Crippen LogP contribution in [0.1, 0.15) is 32.3 Å². The summed E-state index contributed by atoms with van der Waals surface area (Å²) in [6, 6.07) is 5.80. The van der Waals surface area contributed by atoms with Crippen LogP contribution in [0.15, 0.2) is 18.2 Å². The maximum Gasteiger partial charge on any atom is 0.224 e. The van der Waals surface area contributed by atoms with Crippen LogP contribution < -0.4 is 10.6 Å². The molecule has 0 radical (unpaired) electrons. The van der Waals surface area contributed by atoms with Crippen molar-refractivity contribution < 1.29 is 4.79 Å². The highest BCUT2D eigenvalue weighted by Gasteiger charge is 2.27. The quantitative estimate of drug-likeness (QED) is 0.794. The fourth-order valence-electron chi connectivity index (χ4n) is 2.70. The molecule has 0 saturated carbocycles. The van der Waals surface area contributed by atoms with Crippen molar-refractivity contribution in [2.24, 2.45) is 11.8 Å². The van der Waals surface area contributed by atoms with Gasteiger partial charge in [0, 0.05) is 30.3 Å². The van der Waals surface area contributed by atoms with Crippen LogP contribution >= 0.6 is 23.8 Å². The van der Waals surface area contributed by atoms with Crippen LogP contribution in [-0.2, 0) is 4.79 Å². The van der Waals surface area contributed by atoms with Gasteiger partial charge in [-0.25, -0.2) is 0 Å². The molecule has 4 nitrogen and oxygen atoms in total. The van der Waals surface area contributed by atoms with Crippen molar-refractivity contribution >= 4 is 40.5 Å². The Morgan fingerprint density at radius 1 is 1.46 bits per heavy atom. The average Bonchev–Trinajstić information content (AvgIpc) is 2.56. The molecule has 1 aromatic carbocycles. The maximum atomic E-state index is 12.3. The average molecular weight is 368 g/mol. The second-order valence-electron chi connectivity index (χ2n) is 6.82. The number of hydrogen-bond acceptors (Lipinski definition) is 2. The summed E-state index contributed by atoms with van der Waals surface area (Å²) in [6.07, 6.45) is 1.88. The third-order valence-corrected chi connectivity index (χ3v) is 4.95. The Morgan fingerprint density at radius 3 is 2.88 bits per heavy atom. The lowest BCUT2D eigenvalue weighted by Crippen LogP contribution is -2.47. The Balaban J connectivity index is 1.92. The molecular formula is C18H26ClN3OS. The molecule has 1 aromatic rings. The second kappa shape index (κ2) is 8.67. The molecule has 1 aliphatic heterocycles. The van der Waals surface area contributed by atoms with E-state index in [-0.39, 0.29) is 11.8 Å². The van der Waals surface area contributed by atoms with Gasteiger partial charge in [-0.1, -0.05) is 31.5 Å². The highest BCUT2D eigenvalue weighted by molar-refractivity contribution is 7.80. The highest BCUT2D eigenvalue weighted by Crippen LogP contribution is 2.22. The van der Waals surface area contributed by atoms with Crippen molar-refractivity contribution in [1.82, 2.24) is 10.2 Å². The van der Waals surface area contributed by atoms with Gasteiger partial charge in [-0.05, 0) is 55.6 Å². The molecule has 0 aliphatic carbocycles. The second-order valence-corrected chi connectivity index (χ2v) is 7.61. The summed E-state index contributed by atoms with van der Waals surface area (Å²) in [6.45, 7) is 8.42. The van der Waals surface area contributed by atoms with E-state index in [4.69, 9.17) is 23.8 Å². The number of nitrogens with zero attached hydrogens (tertiary/aromatic N) is 1. The van der Waals surface area contributed by atoms with Crippen molar-refractivity contribution in [3.63, 3.8) is 0 Å². The first-order valence-corrected chi connectivity index (χ1v) is 9.25. The van der Waals surface area contributed by atoms with Gasteiger partial charge in [0.05, 0.1) is 5.92 Å². The normalized spacial score (nSPS) is 17.7. The number of likely N-dealkylation sites (tertiary alicyclic amines) is 1. The van der Waals surface area contributed by atoms with Crippen LogP contribution in [-0.4, -0.2) is 35.6 Å². The van der Waals surface area contributed by atoms with Crippen LogP contribution in [0.5, 0.6) is 0 Å². The Labute approximate surface area is 154 Å². The molecule has 1 fully saturated rings. The van der Waals surface area contributed by atoms with Gasteiger partial charge in [0.25, 0.3) is 0 Å². The Hall–Kier alpha value is -1.33. The zero-order valence-corrected chi connectivity index (χ0v) is 16.1. The van der Waals surface area contributed by atoms with Crippen LogP contribution in [0.4, 0.5) is 5.69 Å². The number of halogens is 1. The number of rotatable bonds is 4. The van der Waals surface area contributed by atoms with Gasteiger partial charge in [-0.2, -0.15) is 0 Å². The van der Waals surface area contributed by atoms with Gasteiger partial charge < -0.3 is 15.5 Å². The van der Waals surface area contributed by atoms with E-state index in [1.54, 1.807) is 0 Å². The molecule has 6 heteroatoms. The molecule has 2 rings (SSSR count). The van der Waals surface area contributed by atoms with Crippen molar-refractivity contribution in [3.8, 4) is 0 Å². The molecule has 1 saturated heterocycles. The SMILES string of the molecule is Cc1ccc(NC(=S)N2CCCC(C(=O)NCC(C)C)C2)cc1Cl. The monoisotopic (exact) mass is 367 g/mol. The van der Waals surface area contributed by atoms with Crippen LogP contribution in [0.3, 0.4) is 0 Å². The largest absolute Gasteiger partial charge is 0.356 e. The van der Waals surface area contributed by atoms with E-state index in [0.717, 1.165) is 37.2 Å². The van der Waals surface area contributed by atoms with E-state index in [2.05, 4.69) is 29.4 Å². The van der Waals surface area contributed by atoms with Crippen molar-refractivity contribution in [3.05, 3.63) is 28.8 Å². The Bertz CT molecular complexity index is 606. The van der Waals surface area contributed by atoms with Gasteiger partial charge in [0.2, 0.25) is 5.91 Å². The summed E-state index contributed by atoms with van der Waals surface area (Å²) in [5.41, 5.74) is 1.91. The van der Waals surface area contributed by atoms with Crippen molar-refractivity contribution in [2.75, 3.05) is 25.0 Å². The van der Waals surface area contributed by atoms with E-state index < -0.39 is 0 Å². The predicted molar refractivity (Wildman–Crippen MR) is 105 cm³/mol. The Kier molecular flexibility index (Phi) is 6.87. The summed E-state index contributed by atoms with van der Waals surface area (Å²) in [7, 11) is 0. The lowest BCUT2D eigenvalue weighted by atomic mass is 9.97. The number of aryl methyl sites for hydroxylation is 1. The first-order chi connectivity index (χ1) is 11.4. The first-order valence-electron chi connectivity index (χ1n) is 8.46. The van der Waals surface area contributed by atoms with E-state index in [1.165, 1.54) is 0 Å². The van der Waals surface area contributed by atoms with Crippen LogP contribution in [0.25, 0.3) is 0 Å². The minimum Gasteiger partial charge on any atom is -0.356 e. The van der Waals surface area contributed by atoms with Gasteiger partial charge in [0.15, 0.2) is 5.11 Å². The Morgan fingerprint density at radius 2 is 2.21 bits per heavy atom. The smallest absolute Gasteiger partial charge is 0.224 e. The molecule has 1 atom stereocenters. The van der Waals surface area contributed by atoms with E-state index in [9.17, 15) is 4.79 Å². The van der Waals surface area contributed by atoms with Gasteiger partial charge >= 0.3 is 0 Å². The lowest BCUT2D eigenvalue weighted by Gasteiger charge is -2.34. The summed E-state index contributed by atoms with van der Waals surface area (Å²) < 4.78 is 0. The molecule has 1 unspecified atom stereocenters. The van der Waals surface area contributed by atoms with Crippen LogP contribution in [0, 0.1) is 18.8 Å². The summed E-state index contributed by atoms with van der Waals surface area (Å²) in [5, 5.41) is 7.62. The first kappa shape index (κ1) is 19.0. The third kappa shape index (κ3) is 5.35. The number of thiocarbonyl (C=S) groups is 1. The van der Waals surface area contributed by atoms with E-state index >= 15 is 0 Å². The third-order valence-electron chi connectivity index (χ3n) is 4.19. The molecule has 132 valence electrons. The fourth-order valence-corrected chi connectivity index (χ4v) is 3.16. The highest BCUT2D eigenvalue weighted by atomic mass is 35.5. The van der Waals surface area contributed by atoms with Gasteiger partial charge in [-0.15, -0.1) is 0 Å². The maximum absolute atomic E-state index is 12.3. The lowest BCUT2D eigenvalue weighted by molar-refractivity contribution is -0.126. The standard InChI is InChI=1S/C18H26ClN3OS/c1-12(2)10-20-17(23)14-5-4-8-22(11-14)18(24)21-15-7-6-13(3)16(19)9-15/h6-7,9,12,14H,4-5,8,10-11H2,1-3H3,(H,20,23)(H,21,24). The van der Waals surface area contributed by atoms with E-state index in [0.29, 0.717) is 22.6 Å². The number of anilines is 1. The molecule has 2 N–H and O–H groups in total. The molecule has 1 aliphatic rings. The van der Waals surface area contributed by atoms with Gasteiger partial charge in [0.1, 0.15) is 0 Å². The van der Waals surface area contributed by atoms with Crippen molar-refractivity contribution in [2.45, 2.75) is 33.6 Å². The fraction of sp³-hybridized carbons (Fsp3) is 0.556. The zero-order valence-electron chi connectivity index (χ0n) is 14.6. The van der Waals surface area contributed by atoms with Crippen LogP contribution in [0.2, 0.25) is 5.02 Å². The molecular weight excluding hydrogens is 342 g/mol. The molecule has 24 heavy (non-hydrogen) atoms. The number of carbonyl (C=O) groups is 1. The summed E-state index contributed by atoms with van der Waals surface area (Å²) in [4.78, 5) is 14.4. The number of carbonyl (C=O) groups excluding carboxylic acids is 1. The number of nitrogens with one attached hydrogen (secondary N) is 2. The minimum atomic E-state index is -0.00106. The zero-order chi connectivity index (χ0) is 17.7. The molecule has 1 amide bonds. The van der Waals surface area contributed by atoms with E-state index in [1.807, 2.05) is 25.1 Å². The molecule has 0 spiro atoms. The number of benzene rings is 1. The topological polar surface area (TPSA) is 44.4 Å².